The summed E-state index contributed by atoms with van der Waals surface area (Å²) < 4.78 is 0. The van der Waals surface area contributed by atoms with Crippen molar-refractivity contribution in [2.75, 3.05) is 6.54 Å². The van der Waals surface area contributed by atoms with Crippen LogP contribution in [0.15, 0.2) is 24.3 Å². The number of nitrogens with zero attached hydrogens (tertiary/aromatic N) is 1. The van der Waals surface area contributed by atoms with Crippen LogP contribution in [0, 0.1) is 0 Å². The van der Waals surface area contributed by atoms with Gasteiger partial charge < -0.3 is 15.1 Å². The summed E-state index contributed by atoms with van der Waals surface area (Å²) in [7, 11) is 0. The third-order valence-electron chi connectivity index (χ3n) is 3.65. The van der Waals surface area contributed by atoms with Gasteiger partial charge in [0.15, 0.2) is 0 Å². The zero-order valence-electron chi connectivity index (χ0n) is 11.6. The van der Waals surface area contributed by atoms with Gasteiger partial charge in [0.25, 0.3) is 5.91 Å². The van der Waals surface area contributed by atoms with Crippen molar-refractivity contribution in [2.45, 2.75) is 38.3 Å². The maximum Gasteiger partial charge on any atom is 0.326 e. The van der Waals surface area contributed by atoms with Crippen LogP contribution < -0.4 is 0 Å². The van der Waals surface area contributed by atoms with Gasteiger partial charge in [-0.05, 0) is 23.6 Å². The fourth-order valence-corrected chi connectivity index (χ4v) is 2.45. The first-order chi connectivity index (χ1) is 9.40. The number of hydrogen-bond acceptors (Lipinski definition) is 3. The lowest BCUT2D eigenvalue weighted by Gasteiger charge is -2.21. The van der Waals surface area contributed by atoms with Crippen molar-refractivity contribution < 1.29 is 19.8 Å². The second-order valence-corrected chi connectivity index (χ2v) is 5.48. The molecule has 1 heterocycles. The van der Waals surface area contributed by atoms with E-state index in [0.717, 1.165) is 5.56 Å². The zero-order chi connectivity index (χ0) is 14.9. The lowest BCUT2D eigenvalue weighted by Crippen LogP contribution is -2.40. The molecule has 1 aliphatic heterocycles. The summed E-state index contributed by atoms with van der Waals surface area (Å²) in [6, 6.07) is 6.23. The molecule has 2 rings (SSSR count). The summed E-state index contributed by atoms with van der Waals surface area (Å²) >= 11 is 0. The van der Waals surface area contributed by atoms with E-state index < -0.39 is 18.1 Å². The van der Waals surface area contributed by atoms with Gasteiger partial charge in [-0.1, -0.05) is 26.0 Å². The average Bonchev–Trinajstić information content (AvgIpc) is 2.80. The van der Waals surface area contributed by atoms with Crippen LogP contribution in [0.5, 0.6) is 0 Å². The zero-order valence-corrected chi connectivity index (χ0v) is 11.6. The monoisotopic (exact) mass is 277 g/mol. The van der Waals surface area contributed by atoms with Gasteiger partial charge in [-0.15, -0.1) is 0 Å². The Morgan fingerprint density at radius 1 is 1.25 bits per heavy atom. The topological polar surface area (TPSA) is 77.8 Å². The summed E-state index contributed by atoms with van der Waals surface area (Å²) in [5.74, 6) is -1.04. The number of carbonyl (C=O) groups is 2. The van der Waals surface area contributed by atoms with Crippen molar-refractivity contribution in [3.05, 3.63) is 35.4 Å². The number of carboxylic acids is 1. The quantitative estimate of drug-likeness (QED) is 0.877. The average molecular weight is 277 g/mol. The Hall–Kier alpha value is -1.88. The van der Waals surface area contributed by atoms with Crippen molar-refractivity contribution in [3.63, 3.8) is 0 Å². The first-order valence-corrected chi connectivity index (χ1v) is 6.72. The smallest absolute Gasteiger partial charge is 0.326 e. The van der Waals surface area contributed by atoms with E-state index in [0.29, 0.717) is 11.5 Å². The van der Waals surface area contributed by atoms with Gasteiger partial charge in [-0.2, -0.15) is 0 Å². The maximum absolute atomic E-state index is 12.3. The standard InChI is InChI=1S/C15H19NO4/c1-9(2)10-3-5-11(6-4-10)14(18)16-8-12(17)7-13(16)15(19)20/h3-6,9,12-13,17H,7-8H2,1-2H3,(H,19,20). The van der Waals surface area contributed by atoms with Gasteiger partial charge in [0, 0.05) is 18.5 Å². The number of carboxylic acid groups (broad SMARTS) is 1. The lowest BCUT2D eigenvalue weighted by atomic mass is 10.0. The minimum atomic E-state index is -1.08. The van der Waals surface area contributed by atoms with E-state index in [1.807, 2.05) is 12.1 Å². The molecule has 2 N–H and O–H groups in total. The van der Waals surface area contributed by atoms with Gasteiger partial charge in [-0.3, -0.25) is 4.79 Å². The minimum Gasteiger partial charge on any atom is -0.480 e. The number of benzene rings is 1. The number of aliphatic hydroxyl groups excluding tert-OH is 1. The molecule has 5 heteroatoms. The molecule has 1 amide bonds. The fourth-order valence-electron chi connectivity index (χ4n) is 2.45. The molecule has 1 aromatic carbocycles. The molecule has 108 valence electrons. The molecule has 0 aliphatic carbocycles. The van der Waals surface area contributed by atoms with E-state index in [1.165, 1.54) is 4.90 Å². The highest BCUT2D eigenvalue weighted by Gasteiger charge is 2.39. The van der Waals surface area contributed by atoms with Crippen LogP contribution in [-0.2, 0) is 4.79 Å². The van der Waals surface area contributed by atoms with Crippen molar-refractivity contribution in [2.24, 2.45) is 0 Å². The van der Waals surface area contributed by atoms with Crippen LogP contribution >= 0.6 is 0 Å². The van der Waals surface area contributed by atoms with E-state index in [2.05, 4.69) is 13.8 Å². The van der Waals surface area contributed by atoms with Crippen molar-refractivity contribution in [1.29, 1.82) is 0 Å². The van der Waals surface area contributed by atoms with E-state index in [9.17, 15) is 14.7 Å². The molecule has 1 fully saturated rings. The molecule has 2 unspecified atom stereocenters. The number of likely N-dealkylation sites (tertiary alicyclic amines) is 1. The van der Waals surface area contributed by atoms with E-state index in [1.54, 1.807) is 12.1 Å². The van der Waals surface area contributed by atoms with Crippen molar-refractivity contribution in [3.8, 4) is 0 Å². The Morgan fingerprint density at radius 3 is 2.35 bits per heavy atom. The Labute approximate surface area is 117 Å². The number of hydrogen-bond donors (Lipinski definition) is 2. The Kier molecular flexibility index (Phi) is 4.09. The van der Waals surface area contributed by atoms with Gasteiger partial charge in [0.2, 0.25) is 0 Å². The second kappa shape index (κ2) is 5.63. The molecule has 1 saturated heterocycles. The molecule has 0 radical (unpaired) electrons. The summed E-state index contributed by atoms with van der Waals surface area (Å²) in [5, 5.41) is 18.7. The SMILES string of the molecule is CC(C)c1ccc(C(=O)N2CC(O)CC2C(=O)O)cc1. The molecule has 5 nitrogen and oxygen atoms in total. The van der Waals surface area contributed by atoms with E-state index in [-0.39, 0.29) is 18.9 Å². The first kappa shape index (κ1) is 14.5. The molecular formula is C15H19NO4. The number of amides is 1. The van der Waals surface area contributed by atoms with Crippen LogP contribution in [0.3, 0.4) is 0 Å². The molecule has 1 aliphatic rings. The van der Waals surface area contributed by atoms with Crippen LogP contribution in [0.25, 0.3) is 0 Å². The molecule has 0 saturated carbocycles. The van der Waals surface area contributed by atoms with E-state index >= 15 is 0 Å². The van der Waals surface area contributed by atoms with E-state index in [4.69, 9.17) is 5.11 Å². The number of carbonyl (C=O) groups excluding carboxylic acids is 1. The third kappa shape index (κ3) is 2.82. The fraction of sp³-hybridized carbons (Fsp3) is 0.467. The highest BCUT2D eigenvalue weighted by atomic mass is 16.4. The van der Waals surface area contributed by atoms with Crippen LogP contribution in [0.4, 0.5) is 0 Å². The Balaban J connectivity index is 2.20. The summed E-state index contributed by atoms with van der Waals surface area (Å²) in [5.41, 5.74) is 1.58. The predicted molar refractivity (Wildman–Crippen MR) is 73.6 cm³/mol. The van der Waals surface area contributed by atoms with Crippen molar-refractivity contribution >= 4 is 11.9 Å². The first-order valence-electron chi connectivity index (χ1n) is 6.72. The minimum absolute atomic E-state index is 0.0712. The molecule has 0 aromatic heterocycles. The van der Waals surface area contributed by atoms with Crippen LogP contribution in [0.2, 0.25) is 0 Å². The van der Waals surface area contributed by atoms with Gasteiger partial charge in [-0.25, -0.2) is 4.79 Å². The van der Waals surface area contributed by atoms with Crippen LogP contribution in [0.1, 0.15) is 42.1 Å². The second-order valence-electron chi connectivity index (χ2n) is 5.48. The third-order valence-corrected chi connectivity index (χ3v) is 3.65. The number of aliphatic carboxylic acids is 1. The molecular weight excluding hydrogens is 258 g/mol. The lowest BCUT2D eigenvalue weighted by molar-refractivity contribution is -0.141. The van der Waals surface area contributed by atoms with Gasteiger partial charge in [0.1, 0.15) is 6.04 Å². The molecule has 2 atom stereocenters. The predicted octanol–water partition coefficient (Wildman–Crippen LogP) is 1.47. The normalized spacial score (nSPS) is 22.3. The largest absolute Gasteiger partial charge is 0.480 e. The van der Waals surface area contributed by atoms with Gasteiger partial charge in [0.05, 0.1) is 6.10 Å². The summed E-state index contributed by atoms with van der Waals surface area (Å²) in [6.45, 7) is 4.20. The summed E-state index contributed by atoms with van der Waals surface area (Å²) in [4.78, 5) is 24.7. The molecule has 20 heavy (non-hydrogen) atoms. The summed E-state index contributed by atoms with van der Waals surface area (Å²) in [6.07, 6.45) is -0.680. The van der Waals surface area contributed by atoms with Gasteiger partial charge >= 0.3 is 5.97 Å². The Bertz CT molecular complexity index is 509. The highest BCUT2D eigenvalue weighted by molar-refractivity contribution is 5.97. The highest BCUT2D eigenvalue weighted by Crippen LogP contribution is 2.22. The molecule has 1 aromatic rings. The Morgan fingerprint density at radius 2 is 1.85 bits per heavy atom. The van der Waals surface area contributed by atoms with Crippen molar-refractivity contribution in [1.82, 2.24) is 4.90 Å². The number of aliphatic hydroxyl groups is 1. The number of rotatable bonds is 3. The molecule has 0 spiro atoms. The maximum atomic E-state index is 12.3. The van der Waals surface area contributed by atoms with Crippen LogP contribution in [-0.4, -0.2) is 45.7 Å². The molecule has 0 bridgehead atoms. The number of β-amino-alcohol motifs (C(OH)–C–C–N with tert-alkyl or cyclic N) is 1.